The molecule has 3 fully saturated rings. The highest BCUT2D eigenvalue weighted by molar-refractivity contribution is 6.23. The number of fused-ring (bicyclic) bond motifs is 1. The molecule has 0 spiro atoms. The van der Waals surface area contributed by atoms with E-state index < -0.39 is 17.8 Å². The number of aliphatic hydroxyl groups is 1. The van der Waals surface area contributed by atoms with Crippen LogP contribution in [0.1, 0.15) is 58.8 Å². The first-order chi connectivity index (χ1) is 31.0. The van der Waals surface area contributed by atoms with Crippen LogP contribution in [0.4, 0.5) is 10.1 Å². The van der Waals surface area contributed by atoms with E-state index in [9.17, 15) is 23.9 Å². The van der Waals surface area contributed by atoms with Gasteiger partial charge in [-0.25, -0.2) is 9.38 Å². The Kier molecular flexibility index (Phi) is 13.8. The average molecular weight is 872 g/mol. The number of carbonyl (C=O) groups is 3. The van der Waals surface area contributed by atoms with Crippen molar-refractivity contribution in [3.63, 3.8) is 0 Å². The van der Waals surface area contributed by atoms with Crippen LogP contribution in [0, 0.1) is 11.2 Å². The number of amides is 3. The van der Waals surface area contributed by atoms with Crippen molar-refractivity contribution in [2.75, 3.05) is 83.5 Å². The highest BCUT2D eigenvalue weighted by Crippen LogP contribution is 2.36. The minimum atomic E-state index is -0.750. The lowest BCUT2D eigenvalue weighted by atomic mass is 9.99. The van der Waals surface area contributed by atoms with Gasteiger partial charge < -0.3 is 41.6 Å². The predicted molar refractivity (Wildman–Crippen MR) is 246 cm³/mol. The van der Waals surface area contributed by atoms with E-state index >= 15 is 0 Å². The summed E-state index contributed by atoms with van der Waals surface area (Å²) in [5, 5.41) is 27.5. The van der Waals surface area contributed by atoms with Gasteiger partial charge in [-0.05, 0) is 55.5 Å². The number of carbonyl (C=O) groups excluding carboxylic acids is 3. The van der Waals surface area contributed by atoms with Crippen molar-refractivity contribution in [1.82, 2.24) is 35.6 Å². The maximum absolute atomic E-state index is 14.9. The van der Waals surface area contributed by atoms with E-state index in [1.165, 1.54) is 17.0 Å². The largest absolute Gasteiger partial charge is 0.401 e. The van der Waals surface area contributed by atoms with Gasteiger partial charge in [0.25, 0.3) is 5.91 Å². The summed E-state index contributed by atoms with van der Waals surface area (Å²) in [4.78, 5) is 53.2. The number of nitrogens with zero attached hydrogens (tertiary/aromatic N) is 6. The normalized spacial score (nSPS) is 20.7. The van der Waals surface area contributed by atoms with Crippen molar-refractivity contribution in [1.29, 1.82) is 5.41 Å². The van der Waals surface area contributed by atoms with Gasteiger partial charge >= 0.3 is 0 Å². The number of aliphatic hydroxyl groups excluding tert-OH is 1. The van der Waals surface area contributed by atoms with E-state index in [4.69, 9.17) is 16.1 Å². The van der Waals surface area contributed by atoms with Crippen LogP contribution in [0.15, 0.2) is 101 Å². The molecule has 5 aliphatic heterocycles. The Morgan fingerprint density at radius 2 is 1.67 bits per heavy atom. The van der Waals surface area contributed by atoms with Gasteiger partial charge in [0.1, 0.15) is 23.5 Å². The molecule has 8 rings (SSSR count). The van der Waals surface area contributed by atoms with Crippen molar-refractivity contribution in [2.45, 2.75) is 45.2 Å². The van der Waals surface area contributed by atoms with Gasteiger partial charge in [0.2, 0.25) is 11.8 Å². The number of imide groups is 1. The fourth-order valence-corrected chi connectivity index (χ4v) is 9.17. The lowest BCUT2D eigenvalue weighted by Crippen LogP contribution is -2.52. The van der Waals surface area contributed by atoms with Gasteiger partial charge in [0.15, 0.2) is 0 Å². The van der Waals surface area contributed by atoms with E-state index in [0.29, 0.717) is 49.8 Å². The Bertz CT molecular complexity index is 2380. The van der Waals surface area contributed by atoms with Gasteiger partial charge in [0.05, 0.1) is 12.3 Å². The monoisotopic (exact) mass is 871 g/mol. The summed E-state index contributed by atoms with van der Waals surface area (Å²) >= 11 is 0. The van der Waals surface area contributed by atoms with Crippen LogP contribution in [-0.2, 0) is 22.6 Å². The summed E-state index contributed by atoms with van der Waals surface area (Å²) < 4.78 is 14.9. The minimum Gasteiger partial charge on any atom is -0.401 e. The van der Waals surface area contributed by atoms with Gasteiger partial charge in [-0.2, -0.15) is 0 Å². The van der Waals surface area contributed by atoms with E-state index in [-0.39, 0.29) is 43.4 Å². The molecule has 1 atom stereocenters. The minimum absolute atomic E-state index is 0.144. The molecular formula is C48H58FN11O4. The second kappa shape index (κ2) is 20.0. The van der Waals surface area contributed by atoms with Crippen molar-refractivity contribution in [3.8, 4) is 0 Å². The fraction of sp³-hybridized carbons (Fsp3) is 0.396. The molecule has 16 heteroatoms. The SMILES string of the molecule is CC(=N)/C(=C1/N=C(c2cccc(CC/C(N)=C/NCCN3CCN(c4cc(F)cc5c4CN(C4CCC(=O)NC4=O)C5=O)CC3)c2)C=C(N2CCN(CCO)CC2)N1)c1ccccc1. The number of allylic oxidation sites excluding steroid dienone is 3. The summed E-state index contributed by atoms with van der Waals surface area (Å²) in [5.74, 6) is -0.114. The molecule has 0 aliphatic carbocycles. The summed E-state index contributed by atoms with van der Waals surface area (Å²) in [6.45, 7) is 10.5. The zero-order valence-corrected chi connectivity index (χ0v) is 36.4. The second-order valence-electron chi connectivity index (χ2n) is 17.0. The quantitative estimate of drug-likeness (QED) is 0.0750. The molecule has 336 valence electrons. The summed E-state index contributed by atoms with van der Waals surface area (Å²) in [6.07, 6.45) is 5.81. The average Bonchev–Trinajstić information content (AvgIpc) is 3.62. The number of rotatable bonds is 15. The molecule has 15 nitrogen and oxygen atoms in total. The fourth-order valence-electron chi connectivity index (χ4n) is 9.17. The molecule has 7 N–H and O–H groups in total. The lowest BCUT2D eigenvalue weighted by Gasteiger charge is -2.38. The third-order valence-electron chi connectivity index (χ3n) is 12.7. The van der Waals surface area contributed by atoms with E-state index in [0.717, 1.165) is 97.3 Å². The number of hydrogen-bond acceptors (Lipinski definition) is 13. The number of piperazine rings is 2. The van der Waals surface area contributed by atoms with Gasteiger partial charge in [-0.15, -0.1) is 0 Å². The van der Waals surface area contributed by atoms with Gasteiger partial charge in [-0.1, -0.05) is 48.5 Å². The summed E-state index contributed by atoms with van der Waals surface area (Å²) in [6, 6.07) is 20.3. The second-order valence-corrected chi connectivity index (χ2v) is 17.0. The van der Waals surface area contributed by atoms with Crippen LogP contribution in [0.5, 0.6) is 0 Å². The van der Waals surface area contributed by atoms with Crippen LogP contribution >= 0.6 is 0 Å². The highest BCUT2D eigenvalue weighted by Gasteiger charge is 2.41. The molecule has 0 aromatic heterocycles. The van der Waals surface area contributed by atoms with Crippen LogP contribution in [0.3, 0.4) is 0 Å². The number of benzene rings is 3. The Hall–Kier alpha value is -6.36. The third-order valence-corrected chi connectivity index (χ3v) is 12.7. The van der Waals surface area contributed by atoms with Gasteiger partial charge in [0, 0.05) is 137 Å². The van der Waals surface area contributed by atoms with Gasteiger partial charge in [-0.3, -0.25) is 29.5 Å². The van der Waals surface area contributed by atoms with Crippen molar-refractivity contribution >= 4 is 40.4 Å². The molecule has 0 saturated carbocycles. The van der Waals surface area contributed by atoms with E-state index in [2.05, 4.69) is 65.9 Å². The number of hydrogen-bond donors (Lipinski definition) is 6. The Labute approximate surface area is 373 Å². The molecule has 5 heterocycles. The van der Waals surface area contributed by atoms with Crippen LogP contribution in [0.25, 0.3) is 5.57 Å². The van der Waals surface area contributed by atoms with E-state index in [1.807, 2.05) is 36.5 Å². The van der Waals surface area contributed by atoms with E-state index in [1.54, 1.807) is 6.92 Å². The van der Waals surface area contributed by atoms with Crippen LogP contribution < -0.4 is 26.6 Å². The standard InChI is InChI=1S/C48H58FN11O4/c1-32(50)45(34-7-3-2-4-8-34)46-53-40(29-43(54-46)59-22-18-57(19-23-59)24-25-61)35-9-5-6-33(26-35)10-11-37(51)30-52-14-15-56-16-20-58(21-17-56)42-28-36(49)27-38-39(42)31-60(48(38)64)41-12-13-44(62)55-47(41)63/h2-9,26-30,41,50,52,54,61H,10-25,31,51H2,1H3,(H,55,62,63)/b37-30-,46-45+,50-32?. The topological polar surface area (TPSA) is 186 Å². The highest BCUT2D eigenvalue weighted by atomic mass is 19.1. The number of aliphatic imine (C=N–C) groups is 1. The number of piperidine rings is 1. The molecule has 1 unspecified atom stereocenters. The Morgan fingerprint density at radius 1 is 0.938 bits per heavy atom. The first-order valence-electron chi connectivity index (χ1n) is 22.3. The lowest BCUT2D eigenvalue weighted by molar-refractivity contribution is -0.136. The molecule has 5 aliphatic rings. The third kappa shape index (κ3) is 10.2. The molecule has 3 aromatic carbocycles. The molecule has 0 bridgehead atoms. The smallest absolute Gasteiger partial charge is 0.255 e. The number of aryl methyl sites for hydroxylation is 1. The first kappa shape index (κ1) is 44.3. The molecule has 3 amide bonds. The maximum Gasteiger partial charge on any atom is 0.255 e. The Morgan fingerprint density at radius 3 is 2.39 bits per heavy atom. The van der Waals surface area contributed by atoms with Crippen molar-refractivity contribution in [3.05, 3.63) is 130 Å². The molecular weight excluding hydrogens is 814 g/mol. The molecule has 3 aromatic rings. The maximum atomic E-state index is 14.9. The number of halogens is 1. The van der Waals surface area contributed by atoms with Crippen LogP contribution in [0.2, 0.25) is 0 Å². The Balaban J connectivity index is 0.854. The number of nitrogens with two attached hydrogens (primary N) is 1. The predicted octanol–water partition coefficient (Wildman–Crippen LogP) is 2.98. The summed E-state index contributed by atoms with van der Waals surface area (Å²) in [7, 11) is 0. The molecule has 3 saturated heterocycles. The van der Waals surface area contributed by atoms with Crippen molar-refractivity contribution in [2.24, 2.45) is 10.7 Å². The van der Waals surface area contributed by atoms with Crippen molar-refractivity contribution < 1.29 is 23.9 Å². The molecule has 0 radical (unpaired) electrons. The first-order valence-corrected chi connectivity index (χ1v) is 22.3. The number of β-amino-alcohol motifs (C(OH)–C–C–N with tert-alkyl or cyclic N) is 1. The zero-order chi connectivity index (χ0) is 44.7. The summed E-state index contributed by atoms with van der Waals surface area (Å²) in [5.41, 5.74) is 14.0. The number of nitrogens with one attached hydrogen (secondary N) is 4. The number of anilines is 1. The van der Waals surface area contributed by atoms with Crippen LogP contribution in [-0.4, -0.2) is 138 Å². The molecule has 64 heavy (non-hydrogen) atoms. The zero-order valence-electron chi connectivity index (χ0n) is 36.4.